The molecular weight excluding hydrogens is 350 g/mol. The molecule has 4 atom stereocenters. The number of hydrogen-bond donors (Lipinski definition) is 3. The molecule has 1 amide bonds. The summed E-state index contributed by atoms with van der Waals surface area (Å²) in [4.78, 5) is 12.3. The molecule has 3 rings (SSSR count). The number of nitrogens with zero attached hydrogens (tertiary/aromatic N) is 2. The molecule has 0 bridgehead atoms. The van der Waals surface area contributed by atoms with Crippen molar-refractivity contribution in [2.45, 2.75) is 37.3 Å². The highest BCUT2D eigenvalue weighted by Gasteiger charge is 2.47. The standard InChI is InChI=1S/C19H25N3O5/c1-12-17(23)19(25,11-20-18(24)14-9-21-22(2)10-14)8-16(27-12)13-5-4-6-15(7-13)26-3/h4-7,9-10,12,16-17,23,25H,8,11H2,1-3H3,(H,20,24)/t12-,16-,17-,19-/m1/s1. The number of aromatic nitrogens is 2. The Bertz CT molecular complexity index is 808. The van der Waals surface area contributed by atoms with Gasteiger partial charge in [-0.25, -0.2) is 0 Å². The molecule has 1 aromatic carbocycles. The molecule has 0 spiro atoms. The molecule has 1 aromatic heterocycles. The van der Waals surface area contributed by atoms with Gasteiger partial charge in [0, 0.05) is 26.2 Å². The van der Waals surface area contributed by atoms with E-state index in [4.69, 9.17) is 9.47 Å². The third kappa shape index (κ3) is 4.13. The normalized spacial score (nSPS) is 28.0. The third-order valence-corrected chi connectivity index (χ3v) is 4.90. The molecule has 0 radical (unpaired) electrons. The molecule has 1 aliphatic heterocycles. The molecule has 1 saturated heterocycles. The molecule has 3 N–H and O–H groups in total. The highest BCUT2D eigenvalue weighted by molar-refractivity contribution is 5.93. The van der Waals surface area contributed by atoms with Gasteiger partial charge in [0.15, 0.2) is 0 Å². The minimum absolute atomic E-state index is 0.101. The van der Waals surface area contributed by atoms with Gasteiger partial charge in [-0.1, -0.05) is 12.1 Å². The number of carbonyl (C=O) groups is 1. The van der Waals surface area contributed by atoms with Crippen molar-refractivity contribution >= 4 is 5.91 Å². The number of benzene rings is 1. The summed E-state index contributed by atoms with van der Waals surface area (Å²) in [6.45, 7) is 1.60. The lowest BCUT2D eigenvalue weighted by Crippen LogP contribution is -2.59. The Kier molecular flexibility index (Phi) is 5.50. The molecular formula is C19H25N3O5. The van der Waals surface area contributed by atoms with Gasteiger partial charge < -0.3 is 25.0 Å². The number of amides is 1. The number of aliphatic hydroxyl groups is 2. The van der Waals surface area contributed by atoms with Gasteiger partial charge in [0.1, 0.15) is 17.5 Å². The van der Waals surface area contributed by atoms with Crippen LogP contribution in [0, 0.1) is 0 Å². The van der Waals surface area contributed by atoms with E-state index in [-0.39, 0.29) is 18.9 Å². The van der Waals surface area contributed by atoms with E-state index in [0.29, 0.717) is 11.3 Å². The maximum Gasteiger partial charge on any atom is 0.254 e. The maximum absolute atomic E-state index is 12.3. The van der Waals surface area contributed by atoms with E-state index < -0.39 is 23.9 Å². The van der Waals surface area contributed by atoms with Crippen LogP contribution in [0.15, 0.2) is 36.7 Å². The van der Waals surface area contributed by atoms with Gasteiger partial charge in [-0.3, -0.25) is 9.48 Å². The van der Waals surface area contributed by atoms with Crippen molar-refractivity contribution in [1.82, 2.24) is 15.1 Å². The lowest BCUT2D eigenvalue weighted by molar-refractivity contribution is -0.210. The van der Waals surface area contributed by atoms with E-state index in [2.05, 4.69) is 10.4 Å². The van der Waals surface area contributed by atoms with Gasteiger partial charge in [0.05, 0.1) is 31.1 Å². The van der Waals surface area contributed by atoms with Gasteiger partial charge in [0.25, 0.3) is 5.91 Å². The van der Waals surface area contributed by atoms with Crippen molar-refractivity contribution in [1.29, 1.82) is 0 Å². The second-order valence-electron chi connectivity index (χ2n) is 6.94. The van der Waals surface area contributed by atoms with E-state index in [9.17, 15) is 15.0 Å². The summed E-state index contributed by atoms with van der Waals surface area (Å²) < 4.78 is 12.6. The van der Waals surface area contributed by atoms with Crippen LogP contribution < -0.4 is 10.1 Å². The fraction of sp³-hybridized carbons (Fsp3) is 0.474. The highest BCUT2D eigenvalue weighted by Crippen LogP contribution is 2.38. The van der Waals surface area contributed by atoms with Crippen LogP contribution in [-0.2, 0) is 11.8 Å². The number of carbonyl (C=O) groups excluding carboxylic acids is 1. The number of aliphatic hydroxyl groups excluding tert-OH is 1. The quantitative estimate of drug-likeness (QED) is 0.714. The van der Waals surface area contributed by atoms with E-state index in [1.165, 1.54) is 10.9 Å². The Hall–Kier alpha value is -2.42. The SMILES string of the molecule is COc1cccc([C@H]2C[C@@](O)(CNC(=O)c3cnn(C)c3)[C@H](O)[C@@H](C)O2)c1. The largest absolute Gasteiger partial charge is 0.497 e. The predicted octanol–water partition coefficient (Wildman–Crippen LogP) is 0.801. The summed E-state index contributed by atoms with van der Waals surface area (Å²) in [6, 6.07) is 7.39. The minimum atomic E-state index is -1.52. The first kappa shape index (κ1) is 19.3. The first-order chi connectivity index (χ1) is 12.8. The van der Waals surface area contributed by atoms with Crippen molar-refractivity contribution in [2.24, 2.45) is 7.05 Å². The Morgan fingerprint density at radius 1 is 1.52 bits per heavy atom. The smallest absolute Gasteiger partial charge is 0.254 e. The molecule has 0 unspecified atom stereocenters. The van der Waals surface area contributed by atoms with Crippen molar-refractivity contribution in [3.8, 4) is 5.75 Å². The number of methoxy groups -OCH3 is 1. The third-order valence-electron chi connectivity index (χ3n) is 4.90. The average Bonchev–Trinajstić information content (AvgIpc) is 3.10. The summed E-state index contributed by atoms with van der Waals surface area (Å²) in [5.74, 6) is 0.323. The summed E-state index contributed by atoms with van der Waals surface area (Å²) in [6.07, 6.45) is 1.00. The van der Waals surface area contributed by atoms with Crippen LogP contribution in [-0.4, -0.2) is 57.4 Å². The lowest BCUT2D eigenvalue weighted by Gasteiger charge is -2.44. The van der Waals surface area contributed by atoms with E-state index in [1.54, 1.807) is 27.3 Å². The molecule has 27 heavy (non-hydrogen) atoms. The van der Waals surface area contributed by atoms with Crippen molar-refractivity contribution in [3.05, 3.63) is 47.8 Å². The Morgan fingerprint density at radius 2 is 2.30 bits per heavy atom. The van der Waals surface area contributed by atoms with E-state index >= 15 is 0 Å². The van der Waals surface area contributed by atoms with Gasteiger partial charge >= 0.3 is 0 Å². The predicted molar refractivity (Wildman–Crippen MR) is 97.4 cm³/mol. The molecule has 2 heterocycles. The molecule has 8 heteroatoms. The average molecular weight is 375 g/mol. The molecule has 8 nitrogen and oxygen atoms in total. The number of aryl methyl sites for hydroxylation is 1. The van der Waals surface area contributed by atoms with E-state index in [0.717, 1.165) is 5.56 Å². The zero-order chi connectivity index (χ0) is 19.6. The van der Waals surface area contributed by atoms with Crippen molar-refractivity contribution in [3.63, 3.8) is 0 Å². The molecule has 146 valence electrons. The number of hydrogen-bond acceptors (Lipinski definition) is 6. The second-order valence-corrected chi connectivity index (χ2v) is 6.94. The zero-order valence-electron chi connectivity index (χ0n) is 15.6. The summed E-state index contributed by atoms with van der Waals surface area (Å²) >= 11 is 0. The molecule has 1 fully saturated rings. The van der Waals surface area contributed by atoms with Crippen LogP contribution in [0.5, 0.6) is 5.75 Å². The van der Waals surface area contributed by atoms with E-state index in [1.807, 2.05) is 24.3 Å². The first-order valence-corrected chi connectivity index (χ1v) is 8.79. The number of ether oxygens (including phenoxy) is 2. The van der Waals surface area contributed by atoms with Gasteiger partial charge in [-0.15, -0.1) is 0 Å². The van der Waals surface area contributed by atoms with Crippen LogP contribution in [0.25, 0.3) is 0 Å². The Balaban J connectivity index is 1.74. The molecule has 0 saturated carbocycles. The monoisotopic (exact) mass is 375 g/mol. The summed E-state index contributed by atoms with van der Waals surface area (Å²) in [7, 11) is 3.30. The van der Waals surface area contributed by atoms with Gasteiger partial charge in [-0.2, -0.15) is 5.10 Å². The second kappa shape index (κ2) is 7.67. The zero-order valence-corrected chi connectivity index (χ0v) is 15.6. The van der Waals surface area contributed by atoms with Gasteiger partial charge in [-0.05, 0) is 24.6 Å². The molecule has 2 aromatic rings. The Labute approximate surface area is 157 Å². The fourth-order valence-electron chi connectivity index (χ4n) is 3.35. The summed E-state index contributed by atoms with van der Waals surface area (Å²) in [5, 5.41) is 28.2. The number of nitrogens with one attached hydrogen (secondary N) is 1. The maximum atomic E-state index is 12.3. The fourth-order valence-corrected chi connectivity index (χ4v) is 3.35. The van der Waals surface area contributed by atoms with Crippen LogP contribution >= 0.6 is 0 Å². The minimum Gasteiger partial charge on any atom is -0.497 e. The van der Waals surface area contributed by atoms with Gasteiger partial charge in [0.2, 0.25) is 0 Å². The van der Waals surface area contributed by atoms with Crippen LogP contribution in [0.4, 0.5) is 0 Å². The van der Waals surface area contributed by atoms with Crippen molar-refractivity contribution in [2.75, 3.05) is 13.7 Å². The van der Waals surface area contributed by atoms with Crippen LogP contribution in [0.2, 0.25) is 0 Å². The van der Waals surface area contributed by atoms with Crippen LogP contribution in [0.3, 0.4) is 0 Å². The molecule has 1 aliphatic rings. The Morgan fingerprint density at radius 3 is 2.96 bits per heavy atom. The summed E-state index contributed by atoms with van der Waals surface area (Å²) in [5.41, 5.74) is -0.298. The van der Waals surface area contributed by atoms with Crippen molar-refractivity contribution < 1.29 is 24.5 Å². The highest BCUT2D eigenvalue weighted by atomic mass is 16.5. The van der Waals surface area contributed by atoms with Crippen LogP contribution in [0.1, 0.15) is 35.4 Å². The topological polar surface area (TPSA) is 106 Å². The molecule has 0 aliphatic carbocycles. The lowest BCUT2D eigenvalue weighted by atomic mass is 9.82. The number of rotatable bonds is 5. The first-order valence-electron chi connectivity index (χ1n) is 8.79.